The molecule has 3 N–H and O–H groups in total. The van der Waals surface area contributed by atoms with Crippen molar-refractivity contribution in [3.63, 3.8) is 0 Å². The van der Waals surface area contributed by atoms with E-state index in [9.17, 15) is 4.79 Å². The van der Waals surface area contributed by atoms with E-state index in [1.807, 2.05) is 60.7 Å². The van der Waals surface area contributed by atoms with E-state index in [4.69, 9.17) is 10.9 Å². The van der Waals surface area contributed by atoms with Gasteiger partial charge in [-0.1, -0.05) is 92.0 Å². The molecule has 0 heterocycles. The molecule has 2 aromatic rings. The molecular formula is C20H26N2O3. The molecule has 0 aliphatic rings. The number of amides is 1. The molecule has 2 rings (SSSR count). The monoisotopic (exact) mass is 342 g/mol. The molecule has 134 valence electrons. The quantitative estimate of drug-likeness (QED) is 0.334. The fraction of sp³-hybridized carbons (Fsp3) is 0.300. The second-order valence-corrected chi connectivity index (χ2v) is 5.41. The molecular weight excluding hydrogens is 316 g/mol. The largest absolute Gasteiger partial charge is 0.450 e. The maximum absolute atomic E-state index is 10.0. The van der Waals surface area contributed by atoms with Crippen molar-refractivity contribution in [1.29, 1.82) is 0 Å². The van der Waals surface area contributed by atoms with Gasteiger partial charge in [0, 0.05) is 11.1 Å². The van der Waals surface area contributed by atoms with Gasteiger partial charge in [-0.15, -0.1) is 0 Å². The SMILES string of the molecule is CCCCCCOC(N)=O.ON=C(c1ccccc1)c1ccccc1. The Kier molecular flexibility index (Phi) is 10.2. The Morgan fingerprint density at radius 3 is 1.88 bits per heavy atom. The maximum atomic E-state index is 10.0. The van der Waals surface area contributed by atoms with Crippen molar-refractivity contribution in [2.24, 2.45) is 10.9 Å². The van der Waals surface area contributed by atoms with Crippen molar-refractivity contribution in [3.8, 4) is 0 Å². The summed E-state index contributed by atoms with van der Waals surface area (Å²) in [7, 11) is 0. The van der Waals surface area contributed by atoms with E-state index in [-0.39, 0.29) is 0 Å². The van der Waals surface area contributed by atoms with E-state index in [0.29, 0.717) is 12.3 Å². The van der Waals surface area contributed by atoms with Crippen LogP contribution in [0.1, 0.15) is 43.7 Å². The lowest BCUT2D eigenvalue weighted by Gasteiger charge is -2.03. The number of oxime groups is 1. The molecule has 0 aromatic heterocycles. The van der Waals surface area contributed by atoms with Crippen LogP contribution in [0, 0.1) is 0 Å². The molecule has 0 spiro atoms. The number of ether oxygens (including phenoxy) is 1. The summed E-state index contributed by atoms with van der Waals surface area (Å²) in [4.78, 5) is 10.0. The lowest BCUT2D eigenvalue weighted by molar-refractivity contribution is 0.154. The molecule has 5 nitrogen and oxygen atoms in total. The van der Waals surface area contributed by atoms with Crippen molar-refractivity contribution >= 4 is 11.8 Å². The molecule has 0 atom stereocenters. The summed E-state index contributed by atoms with van der Waals surface area (Å²) in [5.41, 5.74) is 7.16. The van der Waals surface area contributed by atoms with Gasteiger partial charge in [0.1, 0.15) is 5.71 Å². The zero-order chi connectivity index (χ0) is 18.3. The van der Waals surface area contributed by atoms with Crippen molar-refractivity contribution in [2.45, 2.75) is 32.6 Å². The van der Waals surface area contributed by atoms with Gasteiger partial charge in [0.15, 0.2) is 0 Å². The average molecular weight is 342 g/mol. The van der Waals surface area contributed by atoms with Crippen LogP contribution >= 0.6 is 0 Å². The van der Waals surface area contributed by atoms with Crippen LogP contribution in [0.3, 0.4) is 0 Å². The topological polar surface area (TPSA) is 84.9 Å². The maximum Gasteiger partial charge on any atom is 0.404 e. The number of carbonyl (C=O) groups is 1. The Labute approximate surface area is 149 Å². The lowest BCUT2D eigenvalue weighted by Crippen LogP contribution is -2.13. The Bertz CT molecular complexity index is 586. The van der Waals surface area contributed by atoms with Crippen molar-refractivity contribution in [3.05, 3.63) is 71.8 Å². The first-order valence-corrected chi connectivity index (χ1v) is 8.44. The summed E-state index contributed by atoms with van der Waals surface area (Å²) in [5.74, 6) is 0. The number of carbonyl (C=O) groups excluding carboxylic acids is 1. The molecule has 0 radical (unpaired) electrons. The highest BCUT2D eigenvalue weighted by molar-refractivity contribution is 6.12. The number of rotatable bonds is 7. The summed E-state index contributed by atoms with van der Waals surface area (Å²) in [6.07, 6.45) is 3.76. The molecule has 0 fully saturated rings. The predicted molar refractivity (Wildman–Crippen MR) is 100.0 cm³/mol. The summed E-state index contributed by atoms with van der Waals surface area (Å²) in [6, 6.07) is 19.2. The molecule has 0 saturated heterocycles. The fourth-order valence-electron chi connectivity index (χ4n) is 2.18. The second-order valence-electron chi connectivity index (χ2n) is 5.41. The number of primary amides is 1. The van der Waals surface area contributed by atoms with Gasteiger partial charge in [-0.3, -0.25) is 0 Å². The third-order valence-electron chi connectivity index (χ3n) is 3.44. The Balaban J connectivity index is 0.000000275. The van der Waals surface area contributed by atoms with Gasteiger partial charge in [0.2, 0.25) is 0 Å². The van der Waals surface area contributed by atoms with Crippen LogP contribution in [0.2, 0.25) is 0 Å². The summed E-state index contributed by atoms with van der Waals surface area (Å²) < 4.78 is 4.53. The lowest BCUT2D eigenvalue weighted by atomic mass is 10.0. The molecule has 0 aliphatic carbocycles. The van der Waals surface area contributed by atoms with Gasteiger partial charge in [-0.2, -0.15) is 0 Å². The number of hydrogen-bond donors (Lipinski definition) is 2. The minimum atomic E-state index is -0.670. The first kappa shape index (κ1) is 20.2. The minimum Gasteiger partial charge on any atom is -0.450 e. The van der Waals surface area contributed by atoms with Crippen LogP contribution < -0.4 is 5.73 Å². The summed E-state index contributed by atoms with van der Waals surface area (Å²) >= 11 is 0. The Morgan fingerprint density at radius 1 is 0.960 bits per heavy atom. The van der Waals surface area contributed by atoms with Gasteiger partial charge in [-0.05, 0) is 6.42 Å². The Morgan fingerprint density at radius 2 is 1.48 bits per heavy atom. The van der Waals surface area contributed by atoms with E-state index in [2.05, 4.69) is 16.8 Å². The zero-order valence-corrected chi connectivity index (χ0v) is 14.6. The Hall–Kier alpha value is -2.82. The van der Waals surface area contributed by atoms with Gasteiger partial charge in [0.25, 0.3) is 0 Å². The predicted octanol–water partition coefficient (Wildman–Crippen LogP) is 4.58. The standard InChI is InChI=1S/C13H11NO.C7H15NO2/c15-14-13(11-7-3-1-4-8-11)12-9-5-2-6-10-12;1-2-3-4-5-6-10-7(8)9/h1-10,15H;2-6H2,1H3,(H2,8,9). The van der Waals surface area contributed by atoms with Crippen LogP contribution in [0.25, 0.3) is 0 Å². The van der Waals surface area contributed by atoms with Crippen molar-refractivity contribution < 1.29 is 14.7 Å². The van der Waals surface area contributed by atoms with E-state index >= 15 is 0 Å². The summed E-state index contributed by atoms with van der Waals surface area (Å²) in [5, 5.41) is 12.4. The van der Waals surface area contributed by atoms with Crippen molar-refractivity contribution in [2.75, 3.05) is 6.61 Å². The van der Waals surface area contributed by atoms with Crippen LogP contribution in [-0.4, -0.2) is 23.6 Å². The number of nitrogens with zero attached hydrogens (tertiary/aromatic N) is 1. The third kappa shape index (κ3) is 8.55. The smallest absolute Gasteiger partial charge is 0.404 e. The van der Waals surface area contributed by atoms with Crippen LogP contribution in [0.4, 0.5) is 4.79 Å². The first-order chi connectivity index (χ1) is 12.2. The molecule has 0 bridgehead atoms. The zero-order valence-electron chi connectivity index (χ0n) is 14.6. The number of benzene rings is 2. The molecule has 0 saturated carbocycles. The summed E-state index contributed by atoms with van der Waals surface area (Å²) in [6.45, 7) is 2.60. The fourth-order valence-corrected chi connectivity index (χ4v) is 2.18. The number of hydrogen-bond acceptors (Lipinski definition) is 4. The molecule has 1 amide bonds. The second kappa shape index (κ2) is 12.6. The molecule has 0 aliphatic heterocycles. The normalized spacial score (nSPS) is 9.48. The van der Waals surface area contributed by atoms with Gasteiger partial charge in [0.05, 0.1) is 6.61 Å². The highest BCUT2D eigenvalue weighted by atomic mass is 16.5. The highest BCUT2D eigenvalue weighted by Crippen LogP contribution is 2.09. The molecule has 5 heteroatoms. The van der Waals surface area contributed by atoms with E-state index < -0.39 is 6.09 Å². The van der Waals surface area contributed by atoms with Crippen LogP contribution in [-0.2, 0) is 4.74 Å². The average Bonchev–Trinajstić information content (AvgIpc) is 2.64. The number of unbranched alkanes of at least 4 members (excludes halogenated alkanes) is 3. The van der Waals surface area contributed by atoms with Gasteiger partial charge >= 0.3 is 6.09 Å². The van der Waals surface area contributed by atoms with E-state index in [0.717, 1.165) is 24.0 Å². The molecule has 2 aromatic carbocycles. The van der Waals surface area contributed by atoms with Crippen LogP contribution in [0.15, 0.2) is 65.8 Å². The third-order valence-corrected chi connectivity index (χ3v) is 3.44. The van der Waals surface area contributed by atoms with Gasteiger partial charge < -0.3 is 15.7 Å². The van der Waals surface area contributed by atoms with Crippen molar-refractivity contribution in [1.82, 2.24) is 0 Å². The minimum absolute atomic E-state index is 0.468. The molecule has 25 heavy (non-hydrogen) atoms. The highest BCUT2D eigenvalue weighted by Gasteiger charge is 2.05. The van der Waals surface area contributed by atoms with E-state index in [1.165, 1.54) is 12.8 Å². The number of nitrogens with two attached hydrogens (primary N) is 1. The van der Waals surface area contributed by atoms with E-state index in [1.54, 1.807) is 0 Å². The first-order valence-electron chi connectivity index (χ1n) is 8.44. The molecule has 0 unspecified atom stereocenters. The van der Waals surface area contributed by atoms with Gasteiger partial charge in [-0.25, -0.2) is 4.79 Å². The van der Waals surface area contributed by atoms with Crippen LogP contribution in [0.5, 0.6) is 0 Å².